The number of carbonyl (C=O) groups excluding carboxylic acids is 2. The van der Waals surface area contributed by atoms with Gasteiger partial charge in [0.15, 0.2) is 5.69 Å². The Balaban J connectivity index is 1.37. The summed E-state index contributed by atoms with van der Waals surface area (Å²) in [7, 11) is 0. The standard InChI is InChI=1S/C23H28N4O3/c28-22(25-18-6-7-18)17-3-1-2-16(12-17)21(15-8-10-24-11-9-15)26-23(29)19-13-20(30-27-19)14-4-5-14/h1-3,12-15,18,21,24H,4-11H2,(H,25,28)(H,26,29). The first-order chi connectivity index (χ1) is 14.7. The number of nitrogens with one attached hydrogen (secondary N) is 3. The fourth-order valence-corrected chi connectivity index (χ4v) is 4.19. The SMILES string of the molecule is O=C(NC1CC1)c1cccc(C(NC(=O)c2cc(C3CC3)on2)C2CCNCC2)c1. The first-order valence-electron chi connectivity index (χ1n) is 11.1. The summed E-state index contributed by atoms with van der Waals surface area (Å²) in [4.78, 5) is 25.5. The highest BCUT2D eigenvalue weighted by Crippen LogP contribution is 2.40. The molecule has 158 valence electrons. The van der Waals surface area contributed by atoms with Crippen molar-refractivity contribution >= 4 is 11.8 Å². The second kappa shape index (κ2) is 8.22. The minimum absolute atomic E-state index is 0.0414. The van der Waals surface area contributed by atoms with Crippen molar-refractivity contribution < 1.29 is 14.1 Å². The molecule has 7 heteroatoms. The highest BCUT2D eigenvalue weighted by Gasteiger charge is 2.31. The Morgan fingerprint density at radius 2 is 1.83 bits per heavy atom. The molecule has 1 aromatic heterocycles. The monoisotopic (exact) mass is 408 g/mol. The Kier molecular flexibility index (Phi) is 5.29. The quantitative estimate of drug-likeness (QED) is 0.655. The van der Waals surface area contributed by atoms with Crippen molar-refractivity contribution in [1.29, 1.82) is 0 Å². The minimum Gasteiger partial charge on any atom is -0.360 e. The van der Waals surface area contributed by atoms with Crippen molar-refractivity contribution in [3.8, 4) is 0 Å². The van der Waals surface area contributed by atoms with Gasteiger partial charge in [0, 0.05) is 23.6 Å². The summed E-state index contributed by atoms with van der Waals surface area (Å²) in [5, 5.41) is 13.6. The van der Waals surface area contributed by atoms with E-state index >= 15 is 0 Å². The van der Waals surface area contributed by atoms with Crippen molar-refractivity contribution in [2.24, 2.45) is 5.92 Å². The van der Waals surface area contributed by atoms with Gasteiger partial charge in [-0.3, -0.25) is 9.59 Å². The first kappa shape index (κ1) is 19.3. The third-order valence-electron chi connectivity index (χ3n) is 6.30. The molecule has 7 nitrogen and oxygen atoms in total. The van der Waals surface area contributed by atoms with Crippen LogP contribution < -0.4 is 16.0 Å². The van der Waals surface area contributed by atoms with E-state index in [2.05, 4.69) is 21.1 Å². The summed E-state index contributed by atoms with van der Waals surface area (Å²) in [6.45, 7) is 1.85. The Hall–Kier alpha value is -2.67. The van der Waals surface area contributed by atoms with Crippen LogP contribution >= 0.6 is 0 Å². The van der Waals surface area contributed by atoms with Gasteiger partial charge in [0.1, 0.15) is 5.76 Å². The Morgan fingerprint density at radius 3 is 2.57 bits per heavy atom. The average Bonchev–Trinajstić information content (AvgIpc) is 3.72. The molecule has 0 radical (unpaired) electrons. The number of amides is 2. The largest absolute Gasteiger partial charge is 0.360 e. The van der Waals surface area contributed by atoms with Crippen LogP contribution in [0.1, 0.15) is 82.7 Å². The second-order valence-corrected chi connectivity index (χ2v) is 8.80. The predicted octanol–water partition coefficient (Wildman–Crippen LogP) is 2.91. The van der Waals surface area contributed by atoms with Crippen LogP contribution in [-0.2, 0) is 0 Å². The molecule has 5 rings (SSSR count). The van der Waals surface area contributed by atoms with Gasteiger partial charge in [0.2, 0.25) is 0 Å². The number of rotatable bonds is 7. The van der Waals surface area contributed by atoms with E-state index in [1.54, 1.807) is 6.07 Å². The van der Waals surface area contributed by atoms with Gasteiger partial charge in [-0.05, 0) is 75.2 Å². The van der Waals surface area contributed by atoms with E-state index in [9.17, 15) is 9.59 Å². The number of piperidine rings is 1. The molecule has 1 saturated heterocycles. The summed E-state index contributed by atoms with van der Waals surface area (Å²) in [6, 6.07) is 9.57. The number of aromatic nitrogens is 1. The van der Waals surface area contributed by atoms with E-state index in [1.165, 1.54) is 0 Å². The van der Waals surface area contributed by atoms with E-state index in [0.717, 1.165) is 62.9 Å². The predicted molar refractivity (Wildman–Crippen MR) is 111 cm³/mol. The summed E-state index contributed by atoms with van der Waals surface area (Å²) >= 11 is 0. The van der Waals surface area contributed by atoms with E-state index in [4.69, 9.17) is 4.52 Å². The van der Waals surface area contributed by atoms with Gasteiger partial charge in [-0.1, -0.05) is 17.3 Å². The zero-order chi connectivity index (χ0) is 20.5. The van der Waals surface area contributed by atoms with Crippen LogP contribution in [0, 0.1) is 5.92 Å². The van der Waals surface area contributed by atoms with E-state index in [1.807, 2.05) is 24.3 Å². The molecule has 1 aliphatic heterocycles. The highest BCUT2D eigenvalue weighted by atomic mass is 16.5. The highest BCUT2D eigenvalue weighted by molar-refractivity contribution is 5.95. The van der Waals surface area contributed by atoms with Gasteiger partial charge >= 0.3 is 0 Å². The van der Waals surface area contributed by atoms with E-state index in [0.29, 0.717) is 29.1 Å². The molecule has 2 aromatic rings. The summed E-state index contributed by atoms with van der Waals surface area (Å²) < 4.78 is 5.36. The van der Waals surface area contributed by atoms with Gasteiger partial charge in [0.05, 0.1) is 6.04 Å². The molecular formula is C23H28N4O3. The molecular weight excluding hydrogens is 380 g/mol. The Labute approximate surface area is 176 Å². The molecule has 2 aliphatic carbocycles. The molecule has 0 bridgehead atoms. The molecule has 3 fully saturated rings. The lowest BCUT2D eigenvalue weighted by atomic mass is 9.85. The lowest BCUT2D eigenvalue weighted by molar-refractivity contribution is 0.0904. The van der Waals surface area contributed by atoms with Crippen LogP contribution in [0.15, 0.2) is 34.9 Å². The zero-order valence-electron chi connectivity index (χ0n) is 17.0. The maximum atomic E-state index is 13.0. The van der Waals surface area contributed by atoms with Crippen molar-refractivity contribution in [1.82, 2.24) is 21.1 Å². The van der Waals surface area contributed by atoms with Gasteiger partial charge in [-0.15, -0.1) is 0 Å². The van der Waals surface area contributed by atoms with Crippen LogP contribution in [-0.4, -0.2) is 36.1 Å². The Bertz CT molecular complexity index is 926. The maximum absolute atomic E-state index is 13.0. The van der Waals surface area contributed by atoms with Crippen molar-refractivity contribution in [3.05, 3.63) is 52.9 Å². The summed E-state index contributed by atoms with van der Waals surface area (Å²) in [6.07, 6.45) is 6.25. The van der Waals surface area contributed by atoms with Crippen molar-refractivity contribution in [2.75, 3.05) is 13.1 Å². The zero-order valence-corrected chi connectivity index (χ0v) is 17.0. The fraction of sp³-hybridized carbons (Fsp3) is 0.522. The normalized spacial score (nSPS) is 20.5. The molecule has 2 amide bonds. The van der Waals surface area contributed by atoms with E-state index in [-0.39, 0.29) is 17.9 Å². The van der Waals surface area contributed by atoms with Gasteiger partial charge in [0.25, 0.3) is 11.8 Å². The van der Waals surface area contributed by atoms with Gasteiger partial charge < -0.3 is 20.5 Å². The third-order valence-corrected chi connectivity index (χ3v) is 6.30. The smallest absolute Gasteiger partial charge is 0.273 e. The molecule has 3 aliphatic rings. The van der Waals surface area contributed by atoms with Crippen LogP contribution in [0.25, 0.3) is 0 Å². The lowest BCUT2D eigenvalue weighted by Gasteiger charge is -2.31. The number of carbonyl (C=O) groups is 2. The van der Waals surface area contributed by atoms with Crippen LogP contribution in [0.5, 0.6) is 0 Å². The number of hydrogen-bond acceptors (Lipinski definition) is 5. The molecule has 0 spiro atoms. The summed E-state index contributed by atoms with van der Waals surface area (Å²) in [5.41, 5.74) is 1.94. The van der Waals surface area contributed by atoms with Crippen LogP contribution in [0.2, 0.25) is 0 Å². The van der Waals surface area contributed by atoms with Gasteiger partial charge in [-0.25, -0.2) is 0 Å². The topological polar surface area (TPSA) is 96.3 Å². The molecule has 2 heterocycles. The molecule has 1 atom stereocenters. The third kappa shape index (κ3) is 4.41. The lowest BCUT2D eigenvalue weighted by Crippen LogP contribution is -2.39. The molecule has 1 aromatic carbocycles. The van der Waals surface area contributed by atoms with E-state index < -0.39 is 0 Å². The van der Waals surface area contributed by atoms with Crippen molar-refractivity contribution in [2.45, 2.75) is 56.5 Å². The second-order valence-electron chi connectivity index (χ2n) is 8.80. The molecule has 1 unspecified atom stereocenters. The van der Waals surface area contributed by atoms with Gasteiger partial charge in [-0.2, -0.15) is 0 Å². The molecule has 30 heavy (non-hydrogen) atoms. The summed E-state index contributed by atoms with van der Waals surface area (Å²) in [5.74, 6) is 1.26. The maximum Gasteiger partial charge on any atom is 0.273 e. The average molecular weight is 409 g/mol. The number of nitrogens with zero attached hydrogens (tertiary/aromatic N) is 1. The molecule has 2 saturated carbocycles. The van der Waals surface area contributed by atoms with Crippen LogP contribution in [0.3, 0.4) is 0 Å². The first-order valence-corrected chi connectivity index (χ1v) is 11.1. The molecule has 3 N–H and O–H groups in total. The van der Waals surface area contributed by atoms with Crippen molar-refractivity contribution in [3.63, 3.8) is 0 Å². The Morgan fingerprint density at radius 1 is 1.03 bits per heavy atom. The fourth-order valence-electron chi connectivity index (χ4n) is 4.19. The number of hydrogen-bond donors (Lipinski definition) is 3. The van der Waals surface area contributed by atoms with Crippen LogP contribution in [0.4, 0.5) is 0 Å². The number of benzene rings is 1. The minimum atomic E-state index is -0.220.